The third-order valence-corrected chi connectivity index (χ3v) is 6.45. The summed E-state index contributed by atoms with van der Waals surface area (Å²) in [7, 11) is -1.63. The van der Waals surface area contributed by atoms with Crippen molar-refractivity contribution in [2.24, 2.45) is 7.05 Å². The second kappa shape index (κ2) is 6.16. The zero-order valence-electron chi connectivity index (χ0n) is 14.0. The zero-order valence-corrected chi connectivity index (χ0v) is 14.8. The van der Waals surface area contributed by atoms with E-state index in [0.29, 0.717) is 18.9 Å². The first-order valence-electron chi connectivity index (χ1n) is 7.80. The molecule has 1 aliphatic heterocycles. The van der Waals surface area contributed by atoms with Gasteiger partial charge < -0.3 is 0 Å². The van der Waals surface area contributed by atoms with E-state index in [1.807, 2.05) is 13.8 Å². The summed E-state index contributed by atoms with van der Waals surface area (Å²) in [6.45, 7) is 8.24. The first-order valence-corrected chi connectivity index (χ1v) is 9.31. The van der Waals surface area contributed by atoms with E-state index in [-0.39, 0.29) is 17.6 Å². The monoisotopic (exact) mass is 330 g/mol. The molecule has 1 aliphatic rings. The highest BCUT2D eigenvalue weighted by atomic mass is 32.2. The molecule has 2 rings (SSSR count). The Morgan fingerprint density at radius 2 is 1.86 bits per heavy atom. The van der Waals surface area contributed by atoms with Gasteiger partial charge in [-0.2, -0.15) is 5.10 Å². The third kappa shape index (κ3) is 2.99. The van der Waals surface area contributed by atoms with E-state index in [2.05, 4.69) is 5.10 Å². The van der Waals surface area contributed by atoms with Crippen molar-refractivity contribution >= 4 is 10.0 Å². The number of rotatable bonds is 4. The van der Waals surface area contributed by atoms with Crippen LogP contribution in [0.1, 0.15) is 58.3 Å². The molecule has 0 radical (unpaired) electrons. The molecule has 0 spiro atoms. The molecule has 1 atom stereocenters. The van der Waals surface area contributed by atoms with Gasteiger partial charge in [-0.3, -0.25) is 4.57 Å². The summed E-state index contributed by atoms with van der Waals surface area (Å²) in [4.78, 5) is 12.2. The summed E-state index contributed by atoms with van der Waals surface area (Å²) < 4.78 is 29.3. The van der Waals surface area contributed by atoms with Gasteiger partial charge in [0.1, 0.15) is 5.82 Å². The fourth-order valence-corrected chi connectivity index (χ4v) is 4.31. The molecule has 8 heteroatoms. The minimum atomic E-state index is -3.27. The van der Waals surface area contributed by atoms with Gasteiger partial charge in [0.2, 0.25) is 10.0 Å². The van der Waals surface area contributed by atoms with Gasteiger partial charge in [-0.1, -0.05) is 0 Å². The molecule has 0 aliphatic carbocycles. The van der Waals surface area contributed by atoms with Crippen molar-refractivity contribution in [3.63, 3.8) is 0 Å². The molecule has 126 valence electrons. The molecule has 0 amide bonds. The van der Waals surface area contributed by atoms with Gasteiger partial charge in [0.25, 0.3) is 0 Å². The van der Waals surface area contributed by atoms with Gasteiger partial charge in [0, 0.05) is 32.1 Å². The van der Waals surface area contributed by atoms with Crippen LogP contribution in [0, 0.1) is 0 Å². The molecule has 1 saturated heterocycles. The van der Waals surface area contributed by atoms with E-state index in [0.717, 1.165) is 12.8 Å². The molecule has 0 saturated carbocycles. The molecule has 2 heterocycles. The number of aryl methyl sites for hydroxylation is 1. The normalized spacial score (nSPS) is 21.0. The molecule has 0 N–H and O–H groups in total. The summed E-state index contributed by atoms with van der Waals surface area (Å²) in [6.07, 6.45) is 1.65. The van der Waals surface area contributed by atoms with Gasteiger partial charge in [-0.25, -0.2) is 22.2 Å². The summed E-state index contributed by atoms with van der Waals surface area (Å²) in [5, 5.41) is 3.93. The molecule has 1 fully saturated rings. The van der Waals surface area contributed by atoms with Gasteiger partial charge in [0.05, 0.1) is 5.25 Å². The molecule has 1 unspecified atom stereocenters. The minimum Gasteiger partial charge on any atom is -0.276 e. The average molecular weight is 330 g/mol. The highest BCUT2D eigenvalue weighted by Crippen LogP contribution is 2.28. The zero-order chi connectivity index (χ0) is 16.7. The maximum absolute atomic E-state index is 12.4. The van der Waals surface area contributed by atoms with E-state index in [1.54, 1.807) is 29.8 Å². The lowest BCUT2D eigenvalue weighted by atomic mass is 9.98. The Morgan fingerprint density at radius 3 is 2.41 bits per heavy atom. The summed E-state index contributed by atoms with van der Waals surface area (Å²) in [5.41, 5.74) is -0.145. The van der Waals surface area contributed by atoms with Crippen LogP contribution < -0.4 is 5.69 Å². The lowest BCUT2D eigenvalue weighted by Gasteiger charge is -2.32. The number of hydrogen-bond acceptors (Lipinski definition) is 4. The van der Waals surface area contributed by atoms with Crippen LogP contribution in [-0.2, 0) is 17.1 Å². The van der Waals surface area contributed by atoms with Crippen LogP contribution in [0.3, 0.4) is 0 Å². The highest BCUT2D eigenvalue weighted by molar-refractivity contribution is 7.89. The van der Waals surface area contributed by atoms with E-state index in [9.17, 15) is 13.2 Å². The quantitative estimate of drug-likeness (QED) is 0.828. The molecule has 0 bridgehead atoms. The smallest absolute Gasteiger partial charge is 0.276 e. The van der Waals surface area contributed by atoms with Crippen molar-refractivity contribution < 1.29 is 8.42 Å². The molecule has 0 aromatic carbocycles. The first-order chi connectivity index (χ1) is 10.2. The van der Waals surface area contributed by atoms with Crippen LogP contribution in [0.2, 0.25) is 0 Å². The molecule has 1 aromatic rings. The van der Waals surface area contributed by atoms with Crippen LogP contribution in [0.25, 0.3) is 0 Å². The lowest BCUT2D eigenvalue weighted by molar-refractivity contribution is 0.299. The topological polar surface area (TPSA) is 77.2 Å². The fourth-order valence-electron chi connectivity index (χ4n) is 2.94. The summed E-state index contributed by atoms with van der Waals surface area (Å²) >= 11 is 0. The van der Waals surface area contributed by atoms with Crippen molar-refractivity contribution in [3.05, 3.63) is 16.3 Å². The van der Waals surface area contributed by atoms with Crippen LogP contribution in [-0.4, -0.2) is 45.4 Å². The van der Waals surface area contributed by atoms with Crippen LogP contribution in [0.15, 0.2) is 4.79 Å². The van der Waals surface area contributed by atoms with Crippen LogP contribution in [0.4, 0.5) is 0 Å². The van der Waals surface area contributed by atoms with Gasteiger partial charge >= 0.3 is 5.69 Å². The molecular formula is C14H26N4O3S. The number of nitrogens with zero attached hydrogens (tertiary/aromatic N) is 4. The average Bonchev–Trinajstić information content (AvgIpc) is 2.75. The molecular weight excluding hydrogens is 304 g/mol. The van der Waals surface area contributed by atoms with Gasteiger partial charge in [-0.15, -0.1) is 0 Å². The first kappa shape index (κ1) is 17.2. The van der Waals surface area contributed by atoms with Crippen LogP contribution in [0.5, 0.6) is 0 Å². The van der Waals surface area contributed by atoms with Gasteiger partial charge in [-0.05, 0) is 40.5 Å². The predicted molar refractivity (Wildman–Crippen MR) is 85.5 cm³/mol. The Labute approximate surface area is 132 Å². The molecule has 22 heavy (non-hydrogen) atoms. The SMILES string of the molecule is CC(C)n1c(C2CCCN(S(=O)(=O)C(C)C)C2)nn(C)c1=O. The fraction of sp³-hybridized carbons (Fsp3) is 0.857. The minimum absolute atomic E-state index is 0.00767. The van der Waals surface area contributed by atoms with Gasteiger partial charge in [0.15, 0.2) is 0 Å². The molecule has 1 aromatic heterocycles. The lowest BCUT2D eigenvalue weighted by Crippen LogP contribution is -2.43. The van der Waals surface area contributed by atoms with E-state index in [4.69, 9.17) is 0 Å². The highest BCUT2D eigenvalue weighted by Gasteiger charge is 2.34. The Kier molecular flexibility index (Phi) is 4.81. The summed E-state index contributed by atoms with van der Waals surface area (Å²) in [5.74, 6) is 0.671. The Balaban J connectivity index is 2.35. The van der Waals surface area contributed by atoms with E-state index < -0.39 is 15.3 Å². The number of piperidine rings is 1. The van der Waals surface area contributed by atoms with Crippen molar-refractivity contribution in [1.29, 1.82) is 0 Å². The Hall–Kier alpha value is -1.15. The maximum Gasteiger partial charge on any atom is 0.345 e. The number of aromatic nitrogens is 3. The Morgan fingerprint density at radius 1 is 1.23 bits per heavy atom. The third-order valence-electron chi connectivity index (χ3n) is 4.20. The van der Waals surface area contributed by atoms with E-state index in [1.165, 1.54) is 4.68 Å². The maximum atomic E-state index is 12.4. The standard InChI is InChI=1S/C14H26N4O3S/c1-10(2)18-13(15-16(5)14(18)19)12-7-6-8-17(9-12)22(20,21)11(3)4/h10-12H,6-9H2,1-5H3. The van der Waals surface area contributed by atoms with E-state index >= 15 is 0 Å². The van der Waals surface area contributed by atoms with Crippen molar-refractivity contribution in [2.45, 2.75) is 57.7 Å². The van der Waals surface area contributed by atoms with Crippen LogP contribution >= 0.6 is 0 Å². The van der Waals surface area contributed by atoms with Crippen molar-refractivity contribution in [1.82, 2.24) is 18.7 Å². The molecule has 7 nitrogen and oxygen atoms in total. The predicted octanol–water partition coefficient (Wildman–Crippen LogP) is 1.08. The number of sulfonamides is 1. The van der Waals surface area contributed by atoms with Crippen molar-refractivity contribution in [2.75, 3.05) is 13.1 Å². The largest absolute Gasteiger partial charge is 0.345 e. The second-order valence-electron chi connectivity index (χ2n) is 6.52. The second-order valence-corrected chi connectivity index (χ2v) is 9.01. The Bertz CT molecular complexity index is 687. The van der Waals surface area contributed by atoms with Crippen molar-refractivity contribution in [3.8, 4) is 0 Å². The number of hydrogen-bond donors (Lipinski definition) is 0. The summed E-state index contributed by atoms with van der Waals surface area (Å²) in [6, 6.07) is 0.00767.